The third-order valence-electron chi connectivity index (χ3n) is 2.76. The first-order valence-electron chi connectivity index (χ1n) is 5.07. The lowest BCUT2D eigenvalue weighted by atomic mass is 9.86. The van der Waals surface area contributed by atoms with Gasteiger partial charge in [-0.3, -0.25) is 0 Å². The molecular weight excluding hydrogens is 280 g/mol. The van der Waals surface area contributed by atoms with E-state index in [0.717, 1.165) is 5.92 Å². The van der Waals surface area contributed by atoms with Crippen LogP contribution in [0.5, 0.6) is 0 Å². The van der Waals surface area contributed by atoms with Crippen molar-refractivity contribution >= 4 is 31.9 Å². The zero-order valence-electron chi connectivity index (χ0n) is 7.57. The zero-order valence-corrected chi connectivity index (χ0v) is 10.7. The van der Waals surface area contributed by atoms with Gasteiger partial charge in [0.1, 0.15) is 0 Å². The molecule has 1 aliphatic carbocycles. The maximum absolute atomic E-state index is 3.52. The third-order valence-corrected chi connectivity index (χ3v) is 3.68. The Bertz CT molecular complexity index is 106. The quantitative estimate of drug-likeness (QED) is 0.651. The van der Waals surface area contributed by atoms with Crippen LogP contribution in [0.25, 0.3) is 0 Å². The van der Waals surface area contributed by atoms with Gasteiger partial charge in [-0.25, -0.2) is 0 Å². The highest BCUT2D eigenvalue weighted by Crippen LogP contribution is 2.28. The highest BCUT2D eigenvalue weighted by molar-refractivity contribution is 9.24. The highest BCUT2D eigenvalue weighted by atomic mass is 79.9. The van der Waals surface area contributed by atoms with E-state index in [1.807, 2.05) is 0 Å². The molecule has 0 heterocycles. The first-order valence-corrected chi connectivity index (χ1v) is 6.90. The Morgan fingerprint density at radius 2 is 1.75 bits per heavy atom. The van der Waals surface area contributed by atoms with Crippen LogP contribution in [0.2, 0.25) is 0 Å². The van der Waals surface area contributed by atoms with Crippen LogP contribution >= 0.6 is 31.9 Å². The number of rotatable bonds is 4. The van der Waals surface area contributed by atoms with E-state index >= 15 is 0 Å². The molecule has 0 aliphatic heterocycles. The Balaban J connectivity index is 1.98. The molecule has 1 aliphatic rings. The Hall–Kier alpha value is 0.960. The lowest BCUT2D eigenvalue weighted by Gasteiger charge is -2.21. The van der Waals surface area contributed by atoms with E-state index in [1.165, 1.54) is 51.4 Å². The van der Waals surface area contributed by atoms with E-state index < -0.39 is 0 Å². The molecule has 72 valence electrons. The lowest BCUT2D eigenvalue weighted by Crippen LogP contribution is -2.06. The van der Waals surface area contributed by atoms with E-state index in [9.17, 15) is 0 Å². The zero-order chi connectivity index (χ0) is 8.81. The van der Waals surface area contributed by atoms with Gasteiger partial charge in [-0.15, -0.1) is 0 Å². The second kappa shape index (κ2) is 6.42. The van der Waals surface area contributed by atoms with Crippen LogP contribution in [0.4, 0.5) is 0 Å². The third kappa shape index (κ3) is 4.86. The summed E-state index contributed by atoms with van der Waals surface area (Å²) in [5.74, 6) is 1.05. The van der Waals surface area contributed by atoms with E-state index in [-0.39, 0.29) is 0 Å². The first kappa shape index (κ1) is 11.0. The minimum atomic E-state index is 0.536. The fourth-order valence-corrected chi connectivity index (χ4v) is 2.68. The molecule has 0 amide bonds. The topological polar surface area (TPSA) is 0 Å². The average molecular weight is 298 g/mol. The summed E-state index contributed by atoms with van der Waals surface area (Å²) < 4.78 is 0.536. The van der Waals surface area contributed by atoms with E-state index in [2.05, 4.69) is 31.9 Å². The molecular formula is C10H18Br2. The molecule has 0 radical (unpaired) electrons. The van der Waals surface area contributed by atoms with Crippen molar-refractivity contribution in [3.8, 4) is 0 Å². The maximum atomic E-state index is 3.52. The van der Waals surface area contributed by atoms with Crippen LogP contribution in [0.15, 0.2) is 0 Å². The summed E-state index contributed by atoms with van der Waals surface area (Å²) in [6, 6.07) is 0. The van der Waals surface area contributed by atoms with Gasteiger partial charge in [0.25, 0.3) is 0 Å². The van der Waals surface area contributed by atoms with E-state index in [4.69, 9.17) is 0 Å². The van der Waals surface area contributed by atoms with Crippen molar-refractivity contribution in [3.63, 3.8) is 0 Å². The molecule has 0 nitrogen and oxygen atoms in total. The van der Waals surface area contributed by atoms with Crippen LogP contribution in [0, 0.1) is 5.92 Å². The van der Waals surface area contributed by atoms with E-state index in [0.29, 0.717) is 3.74 Å². The van der Waals surface area contributed by atoms with Crippen molar-refractivity contribution < 1.29 is 0 Å². The van der Waals surface area contributed by atoms with Gasteiger partial charge in [0, 0.05) is 0 Å². The predicted molar refractivity (Wildman–Crippen MR) is 62.1 cm³/mol. The number of hydrogen-bond acceptors (Lipinski definition) is 0. The van der Waals surface area contributed by atoms with Crippen molar-refractivity contribution in [2.24, 2.45) is 5.92 Å². The molecule has 1 saturated carbocycles. The van der Waals surface area contributed by atoms with Gasteiger partial charge in [0.15, 0.2) is 0 Å². The summed E-state index contributed by atoms with van der Waals surface area (Å²) in [6.45, 7) is 0. The van der Waals surface area contributed by atoms with Gasteiger partial charge in [0.05, 0.1) is 3.74 Å². The van der Waals surface area contributed by atoms with Crippen molar-refractivity contribution in [1.82, 2.24) is 0 Å². The lowest BCUT2D eigenvalue weighted by molar-refractivity contribution is 0.331. The van der Waals surface area contributed by atoms with Gasteiger partial charge in [-0.2, -0.15) is 0 Å². The average Bonchev–Trinajstić information content (AvgIpc) is 2.05. The largest absolute Gasteiger partial charge is 0.0765 e. The standard InChI is InChI=1S/C10H18Br2/c11-10(12)8-4-7-9-5-2-1-3-6-9/h9-10H,1-8H2. The molecule has 0 saturated heterocycles. The molecule has 2 heteroatoms. The second-order valence-corrected chi connectivity index (χ2v) is 7.27. The Morgan fingerprint density at radius 3 is 2.33 bits per heavy atom. The molecule has 12 heavy (non-hydrogen) atoms. The maximum Gasteiger partial charge on any atom is 0.0697 e. The molecule has 0 aromatic carbocycles. The summed E-state index contributed by atoms with van der Waals surface area (Å²) in [4.78, 5) is 0. The van der Waals surface area contributed by atoms with Crippen LogP contribution in [0.3, 0.4) is 0 Å². The van der Waals surface area contributed by atoms with Crippen LogP contribution in [-0.2, 0) is 0 Å². The van der Waals surface area contributed by atoms with E-state index in [1.54, 1.807) is 0 Å². The predicted octanol–water partition coefficient (Wildman–Crippen LogP) is 4.85. The van der Waals surface area contributed by atoms with Crippen molar-refractivity contribution in [3.05, 3.63) is 0 Å². The van der Waals surface area contributed by atoms with Gasteiger partial charge in [-0.05, 0) is 12.3 Å². The molecule has 1 fully saturated rings. The van der Waals surface area contributed by atoms with Crippen molar-refractivity contribution in [2.45, 2.75) is 55.1 Å². The monoisotopic (exact) mass is 296 g/mol. The minimum Gasteiger partial charge on any atom is -0.0765 e. The van der Waals surface area contributed by atoms with Crippen LogP contribution in [0.1, 0.15) is 51.4 Å². The molecule has 0 bridgehead atoms. The second-order valence-electron chi connectivity index (χ2n) is 3.83. The molecule has 1 rings (SSSR count). The fourth-order valence-electron chi connectivity index (χ4n) is 2.04. The van der Waals surface area contributed by atoms with Crippen molar-refractivity contribution in [2.75, 3.05) is 0 Å². The highest BCUT2D eigenvalue weighted by Gasteiger charge is 2.12. The van der Waals surface area contributed by atoms with Gasteiger partial charge < -0.3 is 0 Å². The number of alkyl halides is 2. The first-order chi connectivity index (χ1) is 5.79. The fraction of sp³-hybridized carbons (Fsp3) is 1.00. The Kier molecular flexibility index (Phi) is 5.90. The Morgan fingerprint density at radius 1 is 1.08 bits per heavy atom. The van der Waals surface area contributed by atoms with Gasteiger partial charge >= 0.3 is 0 Å². The SMILES string of the molecule is BrC(Br)CCCC1CCCCC1. The summed E-state index contributed by atoms with van der Waals surface area (Å²) >= 11 is 7.03. The summed E-state index contributed by atoms with van der Waals surface area (Å²) in [5, 5.41) is 0. The summed E-state index contributed by atoms with van der Waals surface area (Å²) in [6.07, 6.45) is 11.5. The van der Waals surface area contributed by atoms with Crippen LogP contribution < -0.4 is 0 Å². The van der Waals surface area contributed by atoms with Gasteiger partial charge in [-0.1, -0.05) is 76.8 Å². The van der Waals surface area contributed by atoms with Crippen LogP contribution in [-0.4, -0.2) is 3.74 Å². The Labute approximate surface area is 92.8 Å². The smallest absolute Gasteiger partial charge is 0.0697 e. The number of halogens is 2. The summed E-state index contributed by atoms with van der Waals surface area (Å²) in [5.41, 5.74) is 0. The molecule has 0 N–H and O–H groups in total. The number of hydrogen-bond donors (Lipinski definition) is 0. The summed E-state index contributed by atoms with van der Waals surface area (Å²) in [7, 11) is 0. The molecule has 0 atom stereocenters. The molecule has 0 unspecified atom stereocenters. The molecule has 0 aromatic heterocycles. The van der Waals surface area contributed by atoms with Crippen molar-refractivity contribution in [1.29, 1.82) is 0 Å². The minimum absolute atomic E-state index is 0.536. The van der Waals surface area contributed by atoms with Gasteiger partial charge in [0.2, 0.25) is 0 Å². The normalized spacial score (nSPS) is 20.2. The molecule has 0 aromatic rings. The molecule has 0 spiro atoms.